The van der Waals surface area contributed by atoms with Crippen molar-refractivity contribution in [1.29, 1.82) is 0 Å². The quantitative estimate of drug-likeness (QED) is 0.822. The van der Waals surface area contributed by atoms with Crippen molar-refractivity contribution in [2.75, 3.05) is 6.54 Å². The van der Waals surface area contributed by atoms with Gasteiger partial charge in [0.2, 0.25) is 5.91 Å². The first-order valence-electron chi connectivity index (χ1n) is 7.95. The van der Waals surface area contributed by atoms with Crippen LogP contribution in [0.25, 0.3) is 0 Å². The summed E-state index contributed by atoms with van der Waals surface area (Å²) in [4.78, 5) is 11.9. The molecule has 0 radical (unpaired) electrons. The van der Waals surface area contributed by atoms with E-state index in [1.54, 1.807) is 0 Å². The summed E-state index contributed by atoms with van der Waals surface area (Å²) in [6.07, 6.45) is 1.07. The fourth-order valence-corrected chi connectivity index (χ4v) is 3.66. The van der Waals surface area contributed by atoms with Gasteiger partial charge in [0.1, 0.15) is 0 Å². The maximum absolute atomic E-state index is 12.7. The van der Waals surface area contributed by atoms with Gasteiger partial charge in [-0.1, -0.05) is 12.8 Å². The Labute approximate surface area is 136 Å². The molecule has 2 fully saturated rings. The third-order valence-corrected chi connectivity index (χ3v) is 5.00. The zero-order valence-electron chi connectivity index (χ0n) is 12.7. The first-order valence-corrected chi connectivity index (χ1v) is 7.95. The lowest BCUT2D eigenvalue weighted by atomic mass is 9.81. The van der Waals surface area contributed by atoms with Gasteiger partial charge in [-0.15, -0.1) is 12.4 Å². The lowest BCUT2D eigenvalue weighted by Crippen LogP contribution is -2.37. The number of hydrogen-bond donors (Lipinski definition) is 2. The Morgan fingerprint density at radius 3 is 2.41 bits per heavy atom. The van der Waals surface area contributed by atoms with E-state index in [1.165, 1.54) is 0 Å². The third-order valence-electron chi connectivity index (χ3n) is 5.00. The Morgan fingerprint density at radius 1 is 1.14 bits per heavy atom. The van der Waals surface area contributed by atoms with Crippen molar-refractivity contribution in [2.24, 2.45) is 23.5 Å². The highest BCUT2D eigenvalue weighted by Gasteiger charge is 2.42. The van der Waals surface area contributed by atoms with Crippen LogP contribution in [-0.4, -0.2) is 24.7 Å². The molecule has 0 aromatic rings. The van der Waals surface area contributed by atoms with Gasteiger partial charge < -0.3 is 11.1 Å². The predicted molar refractivity (Wildman–Crippen MR) is 81.7 cm³/mol. The van der Waals surface area contributed by atoms with Crippen LogP contribution in [0.1, 0.15) is 51.4 Å². The van der Waals surface area contributed by atoms with Crippen molar-refractivity contribution in [3.8, 4) is 0 Å². The molecule has 0 spiro atoms. The molecule has 3 N–H and O–H groups in total. The second kappa shape index (κ2) is 8.39. The number of amides is 1. The molecular formula is C15H26ClF3N2O. The van der Waals surface area contributed by atoms with Gasteiger partial charge in [-0.25, -0.2) is 0 Å². The van der Waals surface area contributed by atoms with Gasteiger partial charge in [0.15, 0.2) is 0 Å². The highest BCUT2D eigenvalue weighted by atomic mass is 35.5. The molecule has 22 heavy (non-hydrogen) atoms. The monoisotopic (exact) mass is 342 g/mol. The highest BCUT2D eigenvalue weighted by molar-refractivity contribution is 5.85. The van der Waals surface area contributed by atoms with E-state index in [9.17, 15) is 18.0 Å². The molecule has 0 aromatic heterocycles. The molecule has 130 valence electrons. The van der Waals surface area contributed by atoms with Crippen molar-refractivity contribution in [1.82, 2.24) is 5.32 Å². The van der Waals surface area contributed by atoms with Gasteiger partial charge in [-0.05, 0) is 43.9 Å². The number of nitrogens with two attached hydrogens (primary N) is 1. The van der Waals surface area contributed by atoms with Gasteiger partial charge in [0, 0.05) is 19.0 Å². The third kappa shape index (κ3) is 5.61. The summed E-state index contributed by atoms with van der Waals surface area (Å²) in [7, 11) is 0. The van der Waals surface area contributed by atoms with E-state index in [0.29, 0.717) is 19.4 Å². The van der Waals surface area contributed by atoms with E-state index in [4.69, 9.17) is 5.73 Å². The van der Waals surface area contributed by atoms with Crippen LogP contribution >= 0.6 is 12.4 Å². The number of halogens is 4. The number of rotatable bonds is 4. The number of nitrogens with one attached hydrogen (secondary N) is 1. The van der Waals surface area contributed by atoms with Crippen molar-refractivity contribution in [3.05, 3.63) is 0 Å². The summed E-state index contributed by atoms with van der Waals surface area (Å²) in [6, 6.07) is 0.0973. The topological polar surface area (TPSA) is 55.1 Å². The van der Waals surface area contributed by atoms with Crippen LogP contribution in [0, 0.1) is 17.8 Å². The maximum atomic E-state index is 12.7. The molecule has 4 atom stereocenters. The van der Waals surface area contributed by atoms with Crippen LogP contribution in [0.4, 0.5) is 13.2 Å². The summed E-state index contributed by atoms with van der Waals surface area (Å²) in [6.45, 7) is 0.368. The standard InChI is InChI=1S/C15H25F3N2O.ClH/c16-15(17,18)12-5-1-3-10(7-12)9-20-14(21)8-11-4-2-6-13(11)19;/h10-13H,1-9,19H2,(H,20,21);1H/t10?,11-,12?,13+;/m0./s1. The smallest absolute Gasteiger partial charge is 0.356 e. The van der Waals surface area contributed by atoms with E-state index in [0.717, 1.165) is 25.7 Å². The average Bonchev–Trinajstić information content (AvgIpc) is 2.81. The molecule has 7 heteroatoms. The summed E-state index contributed by atoms with van der Waals surface area (Å²) in [5.74, 6) is -1.08. The van der Waals surface area contributed by atoms with Crippen molar-refractivity contribution < 1.29 is 18.0 Å². The van der Waals surface area contributed by atoms with Gasteiger partial charge >= 0.3 is 6.18 Å². The average molecular weight is 343 g/mol. The minimum atomic E-state index is -4.10. The van der Waals surface area contributed by atoms with Crippen molar-refractivity contribution in [2.45, 2.75) is 63.6 Å². The minimum absolute atomic E-state index is 0. The molecule has 2 rings (SSSR count). The molecular weight excluding hydrogens is 317 g/mol. The van der Waals surface area contributed by atoms with Gasteiger partial charge in [-0.2, -0.15) is 13.2 Å². The normalized spacial score (nSPS) is 32.4. The first kappa shape index (κ1) is 19.6. The molecule has 2 aliphatic carbocycles. The Morgan fingerprint density at radius 2 is 1.82 bits per heavy atom. The summed E-state index contributed by atoms with van der Waals surface area (Å²) >= 11 is 0. The van der Waals surface area contributed by atoms with Crippen LogP contribution in [0.2, 0.25) is 0 Å². The molecule has 0 saturated heterocycles. The molecule has 2 saturated carbocycles. The molecule has 0 bridgehead atoms. The Balaban J connectivity index is 0.00000242. The highest BCUT2D eigenvalue weighted by Crippen LogP contribution is 2.39. The zero-order valence-corrected chi connectivity index (χ0v) is 13.5. The molecule has 0 heterocycles. The summed E-state index contributed by atoms with van der Waals surface area (Å²) < 4.78 is 38.2. The van der Waals surface area contributed by atoms with Crippen LogP contribution in [0.3, 0.4) is 0 Å². The first-order chi connectivity index (χ1) is 9.86. The van der Waals surface area contributed by atoms with E-state index < -0.39 is 12.1 Å². The van der Waals surface area contributed by atoms with E-state index >= 15 is 0 Å². The Kier molecular flexibility index (Phi) is 7.46. The molecule has 2 aliphatic rings. The summed E-state index contributed by atoms with van der Waals surface area (Å²) in [5.41, 5.74) is 5.93. The van der Waals surface area contributed by atoms with Gasteiger partial charge in [0.25, 0.3) is 0 Å². The van der Waals surface area contributed by atoms with Crippen LogP contribution in [-0.2, 0) is 4.79 Å². The Bertz CT molecular complexity index is 365. The molecule has 2 unspecified atom stereocenters. The van der Waals surface area contributed by atoms with Crippen molar-refractivity contribution in [3.63, 3.8) is 0 Å². The lowest BCUT2D eigenvalue weighted by molar-refractivity contribution is -0.185. The van der Waals surface area contributed by atoms with Gasteiger partial charge in [0.05, 0.1) is 5.92 Å². The largest absolute Gasteiger partial charge is 0.391 e. The molecule has 0 aliphatic heterocycles. The number of carbonyl (C=O) groups is 1. The number of hydrogen-bond acceptors (Lipinski definition) is 2. The molecule has 0 aromatic carbocycles. The maximum Gasteiger partial charge on any atom is 0.391 e. The summed E-state index contributed by atoms with van der Waals surface area (Å²) in [5, 5.41) is 2.81. The predicted octanol–water partition coefficient (Wildman–Crippen LogP) is 3.41. The second-order valence-electron chi connectivity index (χ2n) is 6.63. The van der Waals surface area contributed by atoms with E-state index in [2.05, 4.69) is 5.32 Å². The fraction of sp³-hybridized carbons (Fsp3) is 0.933. The van der Waals surface area contributed by atoms with E-state index in [1.807, 2.05) is 0 Å². The minimum Gasteiger partial charge on any atom is -0.356 e. The van der Waals surface area contributed by atoms with E-state index in [-0.39, 0.29) is 49.0 Å². The van der Waals surface area contributed by atoms with Crippen LogP contribution in [0.5, 0.6) is 0 Å². The SMILES string of the molecule is Cl.N[C@@H]1CCC[C@H]1CC(=O)NCC1CCCC(C(F)(F)F)C1. The van der Waals surface area contributed by atoms with Crippen LogP contribution in [0.15, 0.2) is 0 Å². The zero-order chi connectivity index (χ0) is 15.5. The molecule has 1 amide bonds. The van der Waals surface area contributed by atoms with Crippen LogP contribution < -0.4 is 11.1 Å². The van der Waals surface area contributed by atoms with Crippen molar-refractivity contribution >= 4 is 18.3 Å². The Hall–Kier alpha value is -0.490. The lowest BCUT2D eigenvalue weighted by Gasteiger charge is -2.30. The van der Waals surface area contributed by atoms with Gasteiger partial charge in [-0.3, -0.25) is 4.79 Å². The number of alkyl halides is 3. The number of carbonyl (C=O) groups excluding carboxylic acids is 1. The molecule has 3 nitrogen and oxygen atoms in total. The second-order valence-corrected chi connectivity index (χ2v) is 6.63. The fourth-order valence-electron chi connectivity index (χ4n) is 3.66.